The van der Waals surface area contributed by atoms with Crippen LogP contribution in [0.3, 0.4) is 0 Å². The number of pyridine rings is 1. The Morgan fingerprint density at radius 2 is 2.00 bits per heavy atom. The Balaban J connectivity index is 1.75. The first-order valence-corrected chi connectivity index (χ1v) is 11.4. The minimum atomic E-state index is -0.830. The second-order valence-corrected chi connectivity index (χ2v) is 10.6. The van der Waals surface area contributed by atoms with Crippen molar-refractivity contribution < 1.29 is 9.13 Å². The topological polar surface area (TPSA) is 111 Å². The first-order valence-electron chi connectivity index (χ1n) is 10.1. The van der Waals surface area contributed by atoms with Crippen LogP contribution in [0.5, 0.6) is 5.88 Å². The van der Waals surface area contributed by atoms with Crippen LogP contribution in [0.4, 0.5) is 15.9 Å². The predicted molar refractivity (Wildman–Crippen MR) is 127 cm³/mol. The third-order valence-electron chi connectivity index (χ3n) is 5.67. The van der Waals surface area contributed by atoms with Crippen LogP contribution in [-0.4, -0.2) is 45.4 Å². The van der Waals surface area contributed by atoms with Gasteiger partial charge in [0.1, 0.15) is 17.2 Å². The number of anilines is 2. The van der Waals surface area contributed by atoms with Crippen molar-refractivity contribution in [1.29, 1.82) is 0 Å². The summed E-state index contributed by atoms with van der Waals surface area (Å²) in [5, 5.41) is 3.24. The molecule has 1 aliphatic heterocycles. The van der Waals surface area contributed by atoms with Gasteiger partial charge in [0, 0.05) is 30.2 Å². The molecule has 3 N–H and O–H groups in total. The van der Waals surface area contributed by atoms with E-state index in [-0.39, 0.29) is 10.6 Å². The lowest BCUT2D eigenvalue weighted by Gasteiger charge is -2.40. The summed E-state index contributed by atoms with van der Waals surface area (Å²) in [4.78, 5) is 17.9. The molecule has 10 heteroatoms. The first kappa shape index (κ1) is 22.1. The number of amidine groups is 1. The molecule has 0 saturated carbocycles. The highest BCUT2D eigenvalue weighted by atomic mass is 32.2. The van der Waals surface area contributed by atoms with E-state index in [0.717, 1.165) is 0 Å². The minimum absolute atomic E-state index is 0.343. The molecule has 0 unspecified atom stereocenters. The molecule has 3 heterocycles. The van der Waals surface area contributed by atoms with Crippen LogP contribution in [0.1, 0.15) is 26.3 Å². The number of hydrogen-bond acceptors (Lipinski definition) is 8. The molecule has 3 aromatic rings. The Bertz CT molecular complexity index is 1260. The van der Waals surface area contributed by atoms with Crippen LogP contribution < -0.4 is 15.8 Å². The highest BCUT2D eigenvalue weighted by molar-refractivity contribution is 7.89. The molecule has 4 rings (SSSR count). The van der Waals surface area contributed by atoms with Gasteiger partial charge in [0.25, 0.3) is 0 Å². The average molecular weight is 456 g/mol. The van der Waals surface area contributed by atoms with Gasteiger partial charge in [-0.05, 0) is 45.0 Å². The largest absolute Gasteiger partial charge is 0.480 e. The number of benzene rings is 1. The minimum Gasteiger partial charge on any atom is -0.480 e. The van der Waals surface area contributed by atoms with Crippen molar-refractivity contribution in [3.05, 3.63) is 48.0 Å². The SMILES string of the molecule is CN=[S@]1C[C@@](C)(c2cc(Nc3nccc4nc(OC)cnc34)ccc2F)N=C(N)C1(C)C. The Labute approximate surface area is 188 Å². The maximum Gasteiger partial charge on any atom is 0.232 e. The van der Waals surface area contributed by atoms with Gasteiger partial charge in [0.15, 0.2) is 5.82 Å². The van der Waals surface area contributed by atoms with Crippen LogP contribution >= 0.6 is 0 Å². The molecule has 0 fully saturated rings. The number of aromatic nitrogens is 3. The van der Waals surface area contributed by atoms with Crippen molar-refractivity contribution in [3.63, 3.8) is 0 Å². The second-order valence-electron chi connectivity index (χ2n) is 8.23. The van der Waals surface area contributed by atoms with E-state index in [9.17, 15) is 0 Å². The van der Waals surface area contributed by atoms with Crippen molar-refractivity contribution in [2.24, 2.45) is 15.1 Å². The summed E-state index contributed by atoms with van der Waals surface area (Å²) in [5.74, 6) is 1.65. The van der Waals surface area contributed by atoms with Crippen LogP contribution in [-0.2, 0) is 16.2 Å². The van der Waals surface area contributed by atoms with Crippen LogP contribution in [0.2, 0.25) is 0 Å². The van der Waals surface area contributed by atoms with Crippen molar-refractivity contribution in [2.75, 3.05) is 25.2 Å². The van der Waals surface area contributed by atoms with E-state index < -0.39 is 16.2 Å². The summed E-state index contributed by atoms with van der Waals surface area (Å²) in [6.07, 6.45) is 3.16. The molecular formula is C22H26FN7OS. The smallest absolute Gasteiger partial charge is 0.232 e. The summed E-state index contributed by atoms with van der Waals surface area (Å²) in [7, 11) is 2.92. The Hall–Kier alpha value is -3.14. The lowest BCUT2D eigenvalue weighted by Crippen LogP contribution is -2.51. The lowest BCUT2D eigenvalue weighted by atomic mass is 9.92. The summed E-state index contributed by atoms with van der Waals surface area (Å²) >= 11 is 0. The van der Waals surface area contributed by atoms with E-state index >= 15 is 4.39 Å². The van der Waals surface area contributed by atoms with Crippen molar-refractivity contribution in [3.8, 4) is 5.88 Å². The zero-order valence-corrected chi connectivity index (χ0v) is 19.5. The Morgan fingerprint density at radius 1 is 1.22 bits per heavy atom. The van der Waals surface area contributed by atoms with Gasteiger partial charge < -0.3 is 15.8 Å². The van der Waals surface area contributed by atoms with Gasteiger partial charge in [0.2, 0.25) is 5.88 Å². The van der Waals surface area contributed by atoms with Gasteiger partial charge >= 0.3 is 0 Å². The van der Waals surface area contributed by atoms with E-state index in [1.807, 2.05) is 20.8 Å². The molecule has 32 heavy (non-hydrogen) atoms. The molecule has 2 aromatic heterocycles. The molecule has 168 valence electrons. The predicted octanol–water partition coefficient (Wildman–Crippen LogP) is 3.71. The number of nitrogens with two attached hydrogens (primary N) is 1. The molecule has 0 bridgehead atoms. The quantitative estimate of drug-likeness (QED) is 0.620. The van der Waals surface area contributed by atoms with Crippen molar-refractivity contribution in [2.45, 2.75) is 31.1 Å². The molecule has 1 aromatic carbocycles. The maximum absolute atomic E-state index is 15.0. The van der Waals surface area contributed by atoms with Crippen LogP contribution in [0, 0.1) is 5.82 Å². The van der Waals surface area contributed by atoms with Gasteiger partial charge in [0.05, 0.1) is 29.1 Å². The van der Waals surface area contributed by atoms with Crippen LogP contribution in [0.25, 0.3) is 11.0 Å². The van der Waals surface area contributed by atoms with E-state index in [1.54, 1.807) is 31.4 Å². The van der Waals surface area contributed by atoms with Gasteiger partial charge in [-0.1, -0.05) is 10.7 Å². The fourth-order valence-corrected chi connectivity index (χ4v) is 5.69. The number of hydrogen-bond donors (Lipinski definition) is 2. The number of halogens is 1. The zero-order valence-electron chi connectivity index (χ0n) is 18.7. The number of nitrogens with one attached hydrogen (secondary N) is 1. The standard InChI is InChI=1S/C22H26FN7OS/c1-21(2)20(24)30-22(3,12-32(21)25-4)14-10-13(6-7-15(14)23)28-19-18-16(8-9-26-19)29-17(31-5)11-27-18/h6-11H,12H2,1-5H3,(H2,24,30)(H,26,28)/t22-,32-/m0/s1. The average Bonchev–Trinajstić information content (AvgIpc) is 2.77. The fraction of sp³-hybridized carbons (Fsp3) is 0.364. The normalized spacial score (nSPS) is 22.6. The third-order valence-corrected chi connectivity index (χ3v) is 8.33. The number of fused-ring (bicyclic) bond motifs is 1. The highest BCUT2D eigenvalue weighted by Crippen LogP contribution is 2.38. The molecule has 0 radical (unpaired) electrons. The molecule has 0 saturated heterocycles. The first-order chi connectivity index (χ1) is 15.2. The van der Waals surface area contributed by atoms with E-state index in [1.165, 1.54) is 19.4 Å². The van der Waals surface area contributed by atoms with Crippen LogP contribution in [0.15, 0.2) is 46.0 Å². The molecule has 0 spiro atoms. The van der Waals surface area contributed by atoms with Gasteiger partial charge in [-0.3, -0.25) is 9.36 Å². The highest BCUT2D eigenvalue weighted by Gasteiger charge is 2.42. The number of rotatable bonds is 4. The number of methoxy groups -OCH3 is 1. The molecule has 0 aliphatic carbocycles. The zero-order chi connectivity index (χ0) is 23.1. The van der Waals surface area contributed by atoms with E-state index in [0.29, 0.717) is 45.6 Å². The van der Waals surface area contributed by atoms with E-state index in [4.69, 9.17) is 15.5 Å². The summed E-state index contributed by atoms with van der Waals surface area (Å²) in [6.45, 7) is 5.95. The van der Waals surface area contributed by atoms with Crippen molar-refractivity contribution >= 4 is 39.1 Å². The summed E-state index contributed by atoms with van der Waals surface area (Å²) in [6, 6.07) is 6.59. The molecule has 2 atom stereocenters. The van der Waals surface area contributed by atoms with Gasteiger partial charge in [-0.15, -0.1) is 0 Å². The Kier molecular flexibility index (Phi) is 5.58. The fourth-order valence-electron chi connectivity index (χ4n) is 3.70. The molecular weight excluding hydrogens is 429 g/mol. The second kappa shape index (κ2) is 8.09. The third kappa shape index (κ3) is 3.79. The molecule has 8 nitrogen and oxygen atoms in total. The summed E-state index contributed by atoms with van der Waals surface area (Å²) in [5.41, 5.74) is 7.81. The van der Waals surface area contributed by atoms with E-state index in [2.05, 4.69) is 24.6 Å². The maximum atomic E-state index is 15.0. The lowest BCUT2D eigenvalue weighted by molar-refractivity contribution is 0.397. The van der Waals surface area contributed by atoms with Gasteiger partial charge in [-0.2, -0.15) is 0 Å². The number of aliphatic imine (C=N–C) groups is 1. The molecule has 1 aliphatic rings. The summed E-state index contributed by atoms with van der Waals surface area (Å²) < 4.78 is 24.3. The monoisotopic (exact) mass is 455 g/mol. The van der Waals surface area contributed by atoms with Crippen molar-refractivity contribution in [1.82, 2.24) is 15.0 Å². The number of ether oxygens (including phenoxy) is 1. The molecule has 0 amide bonds. The Morgan fingerprint density at radius 3 is 2.72 bits per heavy atom. The van der Waals surface area contributed by atoms with Gasteiger partial charge in [-0.25, -0.2) is 19.3 Å². The number of nitrogens with zero attached hydrogens (tertiary/aromatic N) is 5.